The van der Waals surface area contributed by atoms with Crippen LogP contribution in [0, 0.1) is 12.3 Å². The lowest BCUT2D eigenvalue weighted by Gasteiger charge is -2.30. The second kappa shape index (κ2) is 6.93. The fourth-order valence-electron chi connectivity index (χ4n) is 1.87. The monoisotopic (exact) mass is 261 g/mol. The first-order chi connectivity index (χ1) is 9.05. The largest absolute Gasteiger partial charge is 0.394 e. The molecular formula is C15H19NO3. The normalized spacial score (nSPS) is 10.8. The van der Waals surface area contributed by atoms with Gasteiger partial charge in [0.1, 0.15) is 0 Å². The summed E-state index contributed by atoms with van der Waals surface area (Å²) in [5.41, 5.74) is 0.869. The van der Waals surface area contributed by atoms with Gasteiger partial charge in [0.15, 0.2) is 0 Å². The minimum atomic E-state index is -0.976. The topological polar surface area (TPSA) is 69.6 Å². The summed E-state index contributed by atoms with van der Waals surface area (Å²) >= 11 is 0. The summed E-state index contributed by atoms with van der Waals surface area (Å²) in [7, 11) is 0. The van der Waals surface area contributed by atoms with Crippen LogP contribution in [-0.2, 0) is 11.2 Å². The first-order valence-corrected chi connectivity index (χ1v) is 6.11. The zero-order chi connectivity index (χ0) is 14.3. The van der Waals surface area contributed by atoms with E-state index in [1.54, 1.807) is 0 Å². The molecule has 0 saturated heterocycles. The van der Waals surface area contributed by atoms with E-state index in [0.29, 0.717) is 12.8 Å². The van der Waals surface area contributed by atoms with Crippen molar-refractivity contribution in [3.05, 3.63) is 35.4 Å². The number of carbonyl (C=O) groups is 1. The number of hydrogen-bond acceptors (Lipinski definition) is 3. The first kappa shape index (κ1) is 15.2. The van der Waals surface area contributed by atoms with Crippen LogP contribution in [0.1, 0.15) is 24.5 Å². The third-order valence-electron chi connectivity index (χ3n) is 3.06. The van der Waals surface area contributed by atoms with Gasteiger partial charge in [-0.2, -0.15) is 0 Å². The van der Waals surface area contributed by atoms with Gasteiger partial charge in [0.05, 0.1) is 18.8 Å². The van der Waals surface area contributed by atoms with Gasteiger partial charge in [-0.25, -0.2) is 0 Å². The Hall–Kier alpha value is -1.83. The molecular weight excluding hydrogens is 242 g/mol. The van der Waals surface area contributed by atoms with Gasteiger partial charge in [-0.05, 0) is 30.5 Å². The Bertz CT molecular complexity index is 455. The van der Waals surface area contributed by atoms with Crippen LogP contribution in [0.3, 0.4) is 0 Å². The van der Waals surface area contributed by atoms with Crippen molar-refractivity contribution in [2.24, 2.45) is 0 Å². The molecule has 1 aromatic rings. The fraction of sp³-hybridized carbons (Fsp3) is 0.400. The average Bonchev–Trinajstić information content (AvgIpc) is 2.43. The number of benzene rings is 1. The van der Waals surface area contributed by atoms with Crippen molar-refractivity contribution in [3.8, 4) is 12.3 Å². The molecule has 0 atom stereocenters. The molecule has 0 saturated carbocycles. The predicted octanol–water partition coefficient (Wildman–Crippen LogP) is 0.460. The summed E-state index contributed by atoms with van der Waals surface area (Å²) in [6.07, 6.45) is 6.36. The Morgan fingerprint density at radius 2 is 1.89 bits per heavy atom. The Labute approximate surface area is 113 Å². The molecule has 0 bridgehead atoms. The van der Waals surface area contributed by atoms with E-state index in [4.69, 9.17) is 6.42 Å². The summed E-state index contributed by atoms with van der Waals surface area (Å²) in [5.74, 6) is 2.27. The Kier molecular flexibility index (Phi) is 5.56. The Morgan fingerprint density at radius 3 is 2.32 bits per heavy atom. The summed E-state index contributed by atoms with van der Waals surface area (Å²) in [4.78, 5) is 11.1. The number of nitrogens with one attached hydrogen (secondary N) is 1. The SMILES string of the molecule is C#Cc1ccc(CCC(CO)(CO)NC(C)=O)cc1. The molecule has 4 nitrogen and oxygen atoms in total. The summed E-state index contributed by atoms with van der Waals surface area (Å²) in [6.45, 7) is 0.763. The number of terminal acetylenes is 1. The van der Waals surface area contributed by atoms with Crippen molar-refractivity contribution in [2.45, 2.75) is 25.3 Å². The number of aliphatic hydroxyl groups is 2. The van der Waals surface area contributed by atoms with Crippen LogP contribution in [-0.4, -0.2) is 34.9 Å². The van der Waals surface area contributed by atoms with Gasteiger partial charge in [-0.3, -0.25) is 4.79 Å². The van der Waals surface area contributed by atoms with E-state index in [0.717, 1.165) is 11.1 Å². The molecule has 4 heteroatoms. The van der Waals surface area contributed by atoms with E-state index in [9.17, 15) is 15.0 Å². The lowest BCUT2D eigenvalue weighted by Crippen LogP contribution is -2.53. The molecule has 0 unspecified atom stereocenters. The molecule has 0 aliphatic heterocycles. The van der Waals surface area contributed by atoms with Gasteiger partial charge in [0.25, 0.3) is 0 Å². The van der Waals surface area contributed by atoms with E-state index in [-0.39, 0.29) is 19.1 Å². The molecule has 102 valence electrons. The number of carbonyl (C=O) groups excluding carboxylic acids is 1. The van der Waals surface area contributed by atoms with Gasteiger partial charge in [0.2, 0.25) is 5.91 Å². The highest BCUT2D eigenvalue weighted by Gasteiger charge is 2.29. The molecule has 0 fully saturated rings. The minimum absolute atomic E-state index is 0.272. The van der Waals surface area contributed by atoms with Crippen LogP contribution in [0.5, 0.6) is 0 Å². The van der Waals surface area contributed by atoms with Crippen molar-refractivity contribution in [1.82, 2.24) is 5.32 Å². The lowest BCUT2D eigenvalue weighted by atomic mass is 9.92. The van der Waals surface area contributed by atoms with Crippen molar-refractivity contribution in [3.63, 3.8) is 0 Å². The molecule has 0 aliphatic carbocycles. The molecule has 0 aromatic heterocycles. The maximum absolute atomic E-state index is 11.1. The van der Waals surface area contributed by atoms with Crippen LogP contribution in [0.2, 0.25) is 0 Å². The molecule has 1 amide bonds. The maximum atomic E-state index is 11.1. The smallest absolute Gasteiger partial charge is 0.217 e. The fourth-order valence-corrected chi connectivity index (χ4v) is 1.87. The maximum Gasteiger partial charge on any atom is 0.217 e. The zero-order valence-electron chi connectivity index (χ0n) is 11.0. The zero-order valence-corrected chi connectivity index (χ0v) is 11.0. The molecule has 3 N–H and O–H groups in total. The van der Waals surface area contributed by atoms with Crippen molar-refractivity contribution in [1.29, 1.82) is 0 Å². The van der Waals surface area contributed by atoms with E-state index in [1.807, 2.05) is 24.3 Å². The van der Waals surface area contributed by atoms with Gasteiger partial charge >= 0.3 is 0 Å². The summed E-state index contributed by atoms with van der Waals surface area (Å²) in [5, 5.41) is 21.4. The van der Waals surface area contributed by atoms with Gasteiger partial charge in [-0.15, -0.1) is 6.42 Å². The van der Waals surface area contributed by atoms with Gasteiger partial charge in [-0.1, -0.05) is 18.1 Å². The van der Waals surface area contributed by atoms with Gasteiger partial charge < -0.3 is 15.5 Å². The molecule has 0 spiro atoms. The predicted molar refractivity (Wildman–Crippen MR) is 73.4 cm³/mol. The Balaban J connectivity index is 2.70. The number of rotatable bonds is 6. The standard InChI is InChI=1S/C15H19NO3/c1-3-13-4-6-14(7-5-13)8-9-15(10-17,11-18)16-12(2)19/h1,4-7,17-18H,8-11H2,2H3,(H,16,19). The van der Waals surface area contributed by atoms with E-state index < -0.39 is 5.54 Å². The molecule has 1 rings (SSSR count). The van der Waals surface area contributed by atoms with Crippen LogP contribution < -0.4 is 5.32 Å². The molecule has 0 aliphatic rings. The summed E-state index contributed by atoms with van der Waals surface area (Å²) in [6, 6.07) is 7.49. The molecule has 0 radical (unpaired) electrons. The summed E-state index contributed by atoms with van der Waals surface area (Å²) < 4.78 is 0. The Morgan fingerprint density at radius 1 is 1.32 bits per heavy atom. The molecule has 0 heterocycles. The highest BCUT2D eigenvalue weighted by atomic mass is 16.3. The first-order valence-electron chi connectivity index (χ1n) is 6.11. The van der Waals surface area contributed by atoms with Crippen LogP contribution >= 0.6 is 0 Å². The third kappa shape index (κ3) is 4.40. The van der Waals surface area contributed by atoms with E-state index in [2.05, 4.69) is 11.2 Å². The van der Waals surface area contributed by atoms with E-state index >= 15 is 0 Å². The number of aryl methyl sites for hydroxylation is 1. The molecule has 1 aromatic carbocycles. The second-order valence-electron chi connectivity index (χ2n) is 4.62. The quantitative estimate of drug-likeness (QED) is 0.652. The van der Waals surface area contributed by atoms with Gasteiger partial charge in [0, 0.05) is 12.5 Å². The van der Waals surface area contributed by atoms with Crippen LogP contribution in [0.25, 0.3) is 0 Å². The van der Waals surface area contributed by atoms with Crippen LogP contribution in [0.4, 0.5) is 0 Å². The average molecular weight is 261 g/mol. The van der Waals surface area contributed by atoms with Crippen molar-refractivity contribution >= 4 is 5.91 Å². The highest BCUT2D eigenvalue weighted by Crippen LogP contribution is 2.15. The second-order valence-corrected chi connectivity index (χ2v) is 4.62. The number of amides is 1. The van der Waals surface area contributed by atoms with Crippen LogP contribution in [0.15, 0.2) is 24.3 Å². The highest BCUT2D eigenvalue weighted by molar-refractivity contribution is 5.73. The minimum Gasteiger partial charge on any atom is -0.394 e. The van der Waals surface area contributed by atoms with E-state index in [1.165, 1.54) is 6.92 Å². The number of hydrogen-bond donors (Lipinski definition) is 3. The van der Waals surface area contributed by atoms with Crippen molar-refractivity contribution < 1.29 is 15.0 Å². The lowest BCUT2D eigenvalue weighted by molar-refractivity contribution is -0.122. The number of aliphatic hydroxyl groups excluding tert-OH is 2. The van der Waals surface area contributed by atoms with Crippen molar-refractivity contribution in [2.75, 3.05) is 13.2 Å². The molecule has 19 heavy (non-hydrogen) atoms. The third-order valence-corrected chi connectivity index (χ3v) is 3.06.